The van der Waals surface area contributed by atoms with Gasteiger partial charge in [0.25, 0.3) is 0 Å². The van der Waals surface area contributed by atoms with Crippen LogP contribution >= 0.6 is 7.82 Å². The molecule has 0 aliphatic rings. The van der Waals surface area contributed by atoms with E-state index >= 15 is 0 Å². The van der Waals surface area contributed by atoms with Crippen LogP contribution in [0.4, 0.5) is 0 Å². The number of carboxylic acid groups (broad SMARTS) is 1. The minimum Gasteiger partial charge on any atom is -0.498 e. The van der Waals surface area contributed by atoms with Gasteiger partial charge in [-0.15, -0.1) is 0 Å². The molecule has 0 saturated heterocycles. The molecule has 4 N–H and O–H groups in total. The molecule has 0 radical (unpaired) electrons. The molecule has 11 heteroatoms. The van der Waals surface area contributed by atoms with Crippen molar-refractivity contribution >= 4 is 19.8 Å². The lowest BCUT2D eigenvalue weighted by atomic mass is 10.0. The van der Waals surface area contributed by atoms with Gasteiger partial charge in [-0.3, -0.25) is 18.6 Å². The number of nitrogens with two attached hydrogens (primary N) is 1. The van der Waals surface area contributed by atoms with Gasteiger partial charge in [-0.25, -0.2) is 4.57 Å². The van der Waals surface area contributed by atoms with E-state index < -0.39 is 45.1 Å². The summed E-state index contributed by atoms with van der Waals surface area (Å²) in [5.41, 5.74) is 5.33. The van der Waals surface area contributed by atoms with Crippen molar-refractivity contribution in [1.82, 2.24) is 0 Å². The van der Waals surface area contributed by atoms with Crippen molar-refractivity contribution in [3.8, 4) is 0 Å². The molecule has 0 fully saturated rings. The first-order valence-electron chi connectivity index (χ1n) is 19.7. The van der Waals surface area contributed by atoms with Gasteiger partial charge in [-0.1, -0.05) is 140 Å². The monoisotopic (exact) mass is 741 g/mol. The van der Waals surface area contributed by atoms with E-state index in [1.807, 2.05) is 6.08 Å². The minimum atomic E-state index is -4.63. The maximum Gasteiger partial charge on any atom is 0.472 e. The summed E-state index contributed by atoms with van der Waals surface area (Å²) in [5.74, 6) is -1.83. The summed E-state index contributed by atoms with van der Waals surface area (Å²) in [4.78, 5) is 33.4. The van der Waals surface area contributed by atoms with Gasteiger partial charge in [-0.05, 0) is 57.4 Å². The Balaban J connectivity index is 4.38. The molecule has 0 amide bonds. The van der Waals surface area contributed by atoms with Crippen LogP contribution in [0.1, 0.15) is 162 Å². The molecule has 0 saturated carbocycles. The maximum absolute atomic E-state index is 12.6. The van der Waals surface area contributed by atoms with Crippen molar-refractivity contribution in [2.45, 2.75) is 174 Å². The molecule has 0 aromatic rings. The molecule has 0 bridgehead atoms. The van der Waals surface area contributed by atoms with Crippen LogP contribution in [0.5, 0.6) is 0 Å². The highest BCUT2D eigenvalue weighted by molar-refractivity contribution is 7.47. The van der Waals surface area contributed by atoms with Crippen molar-refractivity contribution in [3.63, 3.8) is 0 Å². The molecular weight excluding hydrogens is 669 g/mol. The average Bonchev–Trinajstić information content (AvgIpc) is 3.10. The van der Waals surface area contributed by atoms with Crippen LogP contribution in [0.25, 0.3) is 0 Å². The number of hydrogen-bond donors (Lipinski definition) is 3. The van der Waals surface area contributed by atoms with E-state index in [0.29, 0.717) is 6.42 Å². The Labute approximate surface area is 309 Å². The van der Waals surface area contributed by atoms with E-state index in [9.17, 15) is 19.0 Å². The Kier molecular flexibility index (Phi) is 34.6. The molecule has 0 aromatic heterocycles. The normalized spacial score (nSPS) is 14.5. The van der Waals surface area contributed by atoms with Crippen molar-refractivity contribution in [2.75, 3.05) is 19.8 Å². The number of aliphatic carboxylic acids is 1. The molecule has 0 aliphatic carbocycles. The van der Waals surface area contributed by atoms with Crippen LogP contribution in [-0.2, 0) is 32.7 Å². The summed E-state index contributed by atoms with van der Waals surface area (Å²) in [7, 11) is -4.63. The van der Waals surface area contributed by atoms with E-state index in [-0.39, 0.29) is 13.0 Å². The van der Waals surface area contributed by atoms with E-state index in [1.54, 1.807) is 6.26 Å². The summed E-state index contributed by atoms with van der Waals surface area (Å²) < 4.78 is 33.0. The zero-order valence-electron chi connectivity index (χ0n) is 31.9. The number of carbonyl (C=O) groups is 2. The van der Waals surface area contributed by atoms with Crippen LogP contribution in [0.3, 0.4) is 0 Å². The van der Waals surface area contributed by atoms with Crippen molar-refractivity contribution in [2.24, 2.45) is 5.73 Å². The topological polar surface area (TPSA) is 155 Å². The number of esters is 1. The number of carboxylic acids is 1. The highest BCUT2D eigenvalue weighted by Crippen LogP contribution is 2.43. The standard InChI is InChI=1S/C40H72NO9P/c1-3-5-7-9-11-13-15-17-19-20-22-24-26-28-30-32-39(42)50-37(35-48-51(45,46)49-36-38(41)40(43)44)34-47-33-31-29-27-25-23-21-18-16-14-12-10-8-6-4-2/h5,7,11,13,17,19,31,33,37-38H,3-4,6,8-10,12,14-16,18,20-30,32,34-36,41H2,1-2H3,(H,43,44)(H,45,46)/b7-5-,13-11-,19-17-,33-31-/t37-,38+/m1/s1. The lowest BCUT2D eigenvalue weighted by Crippen LogP contribution is -2.34. The summed E-state index contributed by atoms with van der Waals surface area (Å²) in [6.07, 6.45) is 41.1. The van der Waals surface area contributed by atoms with Gasteiger partial charge in [0.15, 0.2) is 6.10 Å². The molecule has 1 unspecified atom stereocenters. The van der Waals surface area contributed by atoms with E-state index in [0.717, 1.165) is 64.2 Å². The van der Waals surface area contributed by atoms with Crippen LogP contribution in [0.15, 0.2) is 48.8 Å². The number of phosphoric ester groups is 1. The third-order valence-electron chi connectivity index (χ3n) is 8.19. The molecule has 296 valence electrons. The fourth-order valence-corrected chi connectivity index (χ4v) is 5.89. The second-order valence-electron chi connectivity index (χ2n) is 13.1. The predicted molar refractivity (Wildman–Crippen MR) is 207 cm³/mol. The lowest BCUT2D eigenvalue weighted by molar-refractivity contribution is -0.153. The summed E-state index contributed by atoms with van der Waals surface area (Å²) in [5, 5.41) is 8.87. The number of phosphoric acid groups is 1. The number of carbonyl (C=O) groups excluding carboxylic acids is 1. The van der Waals surface area contributed by atoms with E-state index in [4.69, 9.17) is 24.8 Å². The Hall–Kier alpha value is -2.23. The Morgan fingerprint density at radius 3 is 1.71 bits per heavy atom. The van der Waals surface area contributed by atoms with Crippen molar-refractivity contribution < 1.29 is 42.7 Å². The number of hydrogen-bond acceptors (Lipinski definition) is 8. The van der Waals surface area contributed by atoms with Crippen LogP contribution in [-0.4, -0.2) is 53.9 Å². The number of unbranched alkanes of at least 4 members (excludes halogenated alkanes) is 17. The van der Waals surface area contributed by atoms with E-state index in [1.165, 1.54) is 70.6 Å². The van der Waals surface area contributed by atoms with Crippen LogP contribution < -0.4 is 5.73 Å². The van der Waals surface area contributed by atoms with Crippen LogP contribution in [0.2, 0.25) is 0 Å². The minimum absolute atomic E-state index is 0.0749. The fraction of sp³-hybridized carbons (Fsp3) is 0.750. The third-order valence-corrected chi connectivity index (χ3v) is 9.14. The average molecular weight is 742 g/mol. The van der Waals surface area contributed by atoms with Gasteiger partial charge < -0.3 is 25.2 Å². The number of rotatable bonds is 37. The van der Waals surface area contributed by atoms with Gasteiger partial charge >= 0.3 is 19.8 Å². The molecule has 51 heavy (non-hydrogen) atoms. The van der Waals surface area contributed by atoms with Gasteiger partial charge in [0.05, 0.1) is 19.5 Å². The zero-order chi connectivity index (χ0) is 37.7. The molecule has 0 heterocycles. The molecule has 0 spiro atoms. The Morgan fingerprint density at radius 2 is 1.14 bits per heavy atom. The zero-order valence-corrected chi connectivity index (χ0v) is 32.8. The Morgan fingerprint density at radius 1 is 0.647 bits per heavy atom. The molecule has 0 aromatic carbocycles. The molecular formula is C40H72NO9P. The van der Waals surface area contributed by atoms with E-state index in [2.05, 4.69) is 54.8 Å². The summed E-state index contributed by atoms with van der Waals surface area (Å²) in [6.45, 7) is 3.13. The van der Waals surface area contributed by atoms with Gasteiger partial charge in [0.2, 0.25) is 0 Å². The Bertz CT molecular complexity index is 998. The maximum atomic E-state index is 12.6. The molecule has 10 nitrogen and oxygen atoms in total. The first-order valence-corrected chi connectivity index (χ1v) is 21.2. The number of allylic oxidation sites excluding steroid dienone is 7. The van der Waals surface area contributed by atoms with Gasteiger partial charge in [0, 0.05) is 6.42 Å². The van der Waals surface area contributed by atoms with Crippen molar-refractivity contribution in [3.05, 3.63) is 48.8 Å². The fourth-order valence-electron chi connectivity index (χ4n) is 5.11. The smallest absolute Gasteiger partial charge is 0.472 e. The molecule has 0 rings (SSSR count). The second-order valence-corrected chi connectivity index (χ2v) is 14.6. The largest absolute Gasteiger partial charge is 0.498 e. The molecule has 3 atom stereocenters. The quantitative estimate of drug-likeness (QED) is 0.0184. The first-order chi connectivity index (χ1) is 24.7. The van der Waals surface area contributed by atoms with Gasteiger partial charge in [-0.2, -0.15) is 0 Å². The van der Waals surface area contributed by atoms with Gasteiger partial charge in [0.1, 0.15) is 12.6 Å². The highest BCUT2D eigenvalue weighted by Gasteiger charge is 2.27. The lowest BCUT2D eigenvalue weighted by Gasteiger charge is -2.20. The van der Waals surface area contributed by atoms with Crippen molar-refractivity contribution in [1.29, 1.82) is 0 Å². The third kappa shape index (κ3) is 35.9. The second kappa shape index (κ2) is 36.1. The summed E-state index contributed by atoms with van der Waals surface area (Å²) in [6, 6.07) is -1.48. The first kappa shape index (κ1) is 48.8. The van der Waals surface area contributed by atoms with Crippen LogP contribution in [0, 0.1) is 0 Å². The number of ether oxygens (including phenoxy) is 2. The predicted octanol–water partition coefficient (Wildman–Crippen LogP) is 10.7. The highest BCUT2D eigenvalue weighted by atomic mass is 31.2. The molecule has 0 aliphatic heterocycles. The summed E-state index contributed by atoms with van der Waals surface area (Å²) >= 11 is 0. The SMILES string of the molecule is CC/C=C\C/C=C\C/C=C\CCCCCCCC(=O)O[C@H](CO/C=C\CCCCCCCCCCCCCC)COP(=O)(O)OC[C@H](N)C(=O)O.